The van der Waals surface area contributed by atoms with E-state index in [1.807, 2.05) is 0 Å². The van der Waals surface area contributed by atoms with Gasteiger partial charge in [0.1, 0.15) is 23.8 Å². The quantitative estimate of drug-likeness (QED) is 0.0706. The predicted molar refractivity (Wildman–Crippen MR) is 235 cm³/mol. The number of hydrogen-bond acceptors (Lipinski definition) is 12. The largest absolute Gasteiger partial charge is 0.433 e. The zero-order valence-electron chi connectivity index (χ0n) is 36.3. The van der Waals surface area contributed by atoms with Crippen molar-refractivity contribution in [3.63, 3.8) is 0 Å². The first kappa shape index (κ1) is 46.7. The average molecular weight is 906 g/mol. The highest BCUT2D eigenvalue weighted by Crippen LogP contribution is 2.52. The van der Waals surface area contributed by atoms with E-state index in [9.17, 15) is 47.4 Å². The molecule has 2 atom stereocenters. The molecule has 5 N–H and O–H groups in total. The number of hydrogen-bond donors (Lipinski definition) is 5. The molecule has 1 saturated heterocycles. The van der Waals surface area contributed by atoms with Gasteiger partial charge in [-0.15, -0.1) is 11.3 Å². The number of likely N-dealkylation sites (N-methyl/N-ethyl adjacent to an activating group) is 1. The first-order chi connectivity index (χ1) is 30.3. The van der Waals surface area contributed by atoms with Gasteiger partial charge in [-0.1, -0.05) is 31.4 Å². The molecule has 3 fully saturated rings. The summed E-state index contributed by atoms with van der Waals surface area (Å²) in [5, 5.41) is 29.9. The number of alkyl halides is 3. The molecule has 2 aromatic carbocycles. The number of rotatable bonds is 13. The van der Waals surface area contributed by atoms with Gasteiger partial charge in [0.2, 0.25) is 5.91 Å². The second-order valence-corrected chi connectivity index (χ2v) is 19.2. The summed E-state index contributed by atoms with van der Waals surface area (Å²) in [6.07, 6.45) is 3.21. The molecule has 2 unspecified atom stereocenters. The lowest BCUT2D eigenvalue weighted by atomic mass is 9.57. The molecule has 1 spiro atoms. The van der Waals surface area contributed by atoms with Gasteiger partial charge in [-0.2, -0.15) is 13.2 Å². The lowest BCUT2D eigenvalue weighted by Crippen LogP contribution is -2.60. The van der Waals surface area contributed by atoms with Gasteiger partial charge in [0.05, 0.1) is 38.0 Å². The molecule has 4 amide bonds. The number of aromatic nitrogens is 2. The Balaban J connectivity index is 0.000000191. The lowest BCUT2D eigenvalue weighted by molar-refractivity contribution is -0.141. The number of nitrogens with zero attached hydrogens (tertiary/aromatic N) is 4. The van der Waals surface area contributed by atoms with Crippen molar-refractivity contribution in [3.8, 4) is 0 Å². The maximum Gasteiger partial charge on any atom is 0.433 e. The number of aldehydes is 1. The number of imide groups is 1. The number of nitrogens with one attached hydrogen (secondary N) is 3. The van der Waals surface area contributed by atoms with Crippen LogP contribution < -0.4 is 16.0 Å². The summed E-state index contributed by atoms with van der Waals surface area (Å²) < 4.78 is 39.8. The molecule has 14 nitrogen and oxygen atoms in total. The number of amides is 4. The summed E-state index contributed by atoms with van der Waals surface area (Å²) >= 11 is 1.56. The topological polar surface area (TPSA) is 194 Å². The average Bonchev–Trinajstić information content (AvgIpc) is 3.78. The summed E-state index contributed by atoms with van der Waals surface area (Å²) in [4.78, 5) is 73.4. The Hall–Kier alpha value is -5.30. The highest BCUT2D eigenvalue weighted by atomic mass is 32.1. The van der Waals surface area contributed by atoms with Crippen LogP contribution in [-0.4, -0.2) is 106 Å². The zero-order valence-corrected chi connectivity index (χ0v) is 37.1. The third kappa shape index (κ3) is 9.99. The maximum absolute atomic E-state index is 13.1. The predicted octanol–water partition coefficient (Wildman–Crippen LogP) is 6.73. The summed E-state index contributed by atoms with van der Waals surface area (Å²) in [6.45, 7) is 6.23. The van der Waals surface area contributed by atoms with Gasteiger partial charge in [0.25, 0.3) is 17.7 Å². The molecule has 342 valence electrons. The van der Waals surface area contributed by atoms with Crippen LogP contribution in [0.15, 0.2) is 48.5 Å². The van der Waals surface area contributed by atoms with Gasteiger partial charge in [0, 0.05) is 56.0 Å². The third-order valence-corrected chi connectivity index (χ3v) is 13.8. The van der Waals surface area contributed by atoms with Crippen molar-refractivity contribution in [3.05, 3.63) is 81.6 Å². The molecular weight excluding hydrogens is 852 g/mol. The smallest absolute Gasteiger partial charge is 0.386 e. The van der Waals surface area contributed by atoms with Crippen molar-refractivity contribution in [1.82, 2.24) is 25.1 Å². The Morgan fingerprint density at radius 1 is 1.00 bits per heavy atom. The van der Waals surface area contributed by atoms with Crippen LogP contribution >= 0.6 is 11.3 Å². The monoisotopic (exact) mass is 905 g/mol. The minimum Gasteiger partial charge on any atom is -0.386 e. The SMILES string of the molecule is CC(C)(O)c1cc2nc(C3CCCCC3)sc2cc1NC(=O)c1cccc(C(F)(F)F)n1.CNC(=O)C(O)CC(C=O)N1C(=O)c2cccc(NCCC3CC4(C3)CN(C)C4)c2C1=O. The highest BCUT2D eigenvalue weighted by molar-refractivity contribution is 7.18. The molecule has 4 heterocycles. The standard InChI is InChI=1S/C23H24F3N3O2S.C23H30N4O5/c1-22(2,31)14-11-17-18(32-21(29-17)13-7-4-3-5-8-13)12-16(14)28-20(30)15-9-6-10-19(27-15)23(24,25)26;1-24-20(30)18(29)8-15(11-28)27-21(31)16-4-3-5-17(19(16)22(27)32)25-7-6-14-9-23(10-14)12-26(2)13-23/h6,9-13,31H,3-5,7-8H2,1-2H3,(H,28,30);3-5,11,14-15,18,25,29H,6-10,12-13H2,1-2H3,(H,24,30). The first-order valence-electron chi connectivity index (χ1n) is 21.6. The highest BCUT2D eigenvalue weighted by Gasteiger charge is 2.50. The molecule has 4 aliphatic rings. The minimum atomic E-state index is -4.65. The van der Waals surface area contributed by atoms with Crippen molar-refractivity contribution in [2.75, 3.05) is 44.4 Å². The molecule has 0 bridgehead atoms. The number of thiazole rings is 1. The van der Waals surface area contributed by atoms with Gasteiger partial charge in [-0.25, -0.2) is 9.97 Å². The number of carbonyl (C=O) groups excluding carboxylic acids is 5. The molecule has 0 radical (unpaired) electrons. The Morgan fingerprint density at radius 3 is 2.34 bits per heavy atom. The van der Waals surface area contributed by atoms with E-state index < -0.39 is 53.2 Å². The molecule has 64 heavy (non-hydrogen) atoms. The number of aliphatic hydroxyl groups excluding tert-OH is 1. The molecule has 2 aromatic heterocycles. The van der Waals surface area contributed by atoms with Crippen LogP contribution in [-0.2, 0) is 21.4 Å². The number of pyridine rings is 1. The van der Waals surface area contributed by atoms with E-state index in [1.54, 1.807) is 55.5 Å². The number of aliphatic hydroxyl groups is 2. The van der Waals surface area contributed by atoms with E-state index in [0.29, 0.717) is 47.0 Å². The Kier molecular flexibility index (Phi) is 13.6. The lowest BCUT2D eigenvalue weighted by Gasteiger charge is -2.58. The van der Waals surface area contributed by atoms with Crippen LogP contribution in [0.3, 0.4) is 0 Å². The van der Waals surface area contributed by atoms with Crippen LogP contribution in [0.25, 0.3) is 10.2 Å². The van der Waals surface area contributed by atoms with E-state index >= 15 is 0 Å². The molecule has 8 rings (SSSR count). The van der Waals surface area contributed by atoms with E-state index in [4.69, 9.17) is 4.98 Å². The third-order valence-electron chi connectivity index (χ3n) is 12.6. The minimum absolute atomic E-state index is 0.224. The van der Waals surface area contributed by atoms with Crippen LogP contribution in [0.5, 0.6) is 0 Å². The van der Waals surface area contributed by atoms with Crippen molar-refractivity contribution < 1.29 is 47.4 Å². The summed E-state index contributed by atoms with van der Waals surface area (Å²) in [5.41, 5.74) is 0.271. The number of likely N-dealkylation sites (tertiary alicyclic amines) is 1. The van der Waals surface area contributed by atoms with Gasteiger partial charge in [0.15, 0.2) is 0 Å². The number of anilines is 2. The zero-order chi connectivity index (χ0) is 46.1. The van der Waals surface area contributed by atoms with Crippen molar-refractivity contribution >= 4 is 62.8 Å². The Morgan fingerprint density at radius 2 is 1.70 bits per heavy atom. The molecule has 18 heteroatoms. The van der Waals surface area contributed by atoms with Gasteiger partial charge < -0.3 is 35.9 Å². The fraction of sp³-hybridized carbons (Fsp3) is 0.500. The number of halogens is 3. The number of fused-ring (bicyclic) bond motifs is 2. The van der Waals surface area contributed by atoms with Crippen molar-refractivity contribution in [2.45, 2.75) is 101 Å². The van der Waals surface area contributed by atoms with Crippen LogP contribution in [0.1, 0.15) is 125 Å². The fourth-order valence-corrected chi connectivity index (χ4v) is 10.8. The van der Waals surface area contributed by atoms with E-state index in [2.05, 4.69) is 32.9 Å². The summed E-state index contributed by atoms with van der Waals surface area (Å²) in [6, 6.07) is 10.4. The molecule has 2 saturated carbocycles. The van der Waals surface area contributed by atoms with E-state index in [0.717, 1.165) is 51.5 Å². The van der Waals surface area contributed by atoms with Gasteiger partial charge >= 0.3 is 6.18 Å². The normalized spacial score (nSPS) is 18.7. The van der Waals surface area contributed by atoms with E-state index in [1.165, 1.54) is 58.3 Å². The molecule has 2 aliphatic carbocycles. The second kappa shape index (κ2) is 18.7. The Bertz CT molecular complexity index is 2420. The fourth-order valence-electron chi connectivity index (χ4n) is 9.64. The second-order valence-electron chi connectivity index (χ2n) is 18.1. The number of benzene rings is 2. The van der Waals surface area contributed by atoms with Crippen LogP contribution in [0.4, 0.5) is 24.5 Å². The van der Waals surface area contributed by atoms with Gasteiger partial charge in [-0.3, -0.25) is 24.1 Å². The van der Waals surface area contributed by atoms with Gasteiger partial charge in [-0.05, 0) is 101 Å². The summed E-state index contributed by atoms with van der Waals surface area (Å²) in [7, 11) is 3.50. The maximum atomic E-state index is 13.1. The van der Waals surface area contributed by atoms with Crippen molar-refractivity contribution in [1.29, 1.82) is 0 Å². The number of carbonyl (C=O) groups is 5. The van der Waals surface area contributed by atoms with Crippen molar-refractivity contribution in [2.24, 2.45) is 11.3 Å². The molecule has 4 aromatic rings. The first-order valence-corrected chi connectivity index (χ1v) is 22.4. The Labute approximate surface area is 373 Å². The van der Waals surface area contributed by atoms with Crippen LogP contribution in [0.2, 0.25) is 0 Å². The molecule has 2 aliphatic heterocycles. The molecular formula is C46H54F3N7O7S. The van der Waals surface area contributed by atoms with Crippen LogP contribution in [0, 0.1) is 11.3 Å². The summed E-state index contributed by atoms with van der Waals surface area (Å²) in [5.74, 6) is -1.55. The van der Waals surface area contributed by atoms with E-state index in [-0.39, 0.29) is 23.2 Å².